The van der Waals surface area contributed by atoms with Crippen LogP contribution in [0.25, 0.3) is 11.0 Å². The fraction of sp³-hybridized carbons (Fsp3) is 0.316. The SMILES string of the molecule is CCN(CC)S(=O)(=O)c1ccc2c(c1)nnn2CCNC(=O)Nc1cc(F)ccc1F. The highest BCUT2D eigenvalue weighted by molar-refractivity contribution is 7.89. The van der Waals surface area contributed by atoms with E-state index in [1.807, 2.05) is 0 Å². The summed E-state index contributed by atoms with van der Waals surface area (Å²) in [4.78, 5) is 12.0. The molecule has 0 atom stereocenters. The second-order valence-corrected chi connectivity index (χ2v) is 8.50. The van der Waals surface area contributed by atoms with Crippen LogP contribution in [-0.2, 0) is 16.6 Å². The van der Waals surface area contributed by atoms with Crippen molar-refractivity contribution in [3.8, 4) is 0 Å². The fourth-order valence-corrected chi connectivity index (χ4v) is 4.50. The zero-order valence-corrected chi connectivity index (χ0v) is 17.8. The third-order valence-corrected chi connectivity index (χ3v) is 6.66. The molecule has 166 valence electrons. The molecule has 2 N–H and O–H groups in total. The number of benzene rings is 2. The van der Waals surface area contributed by atoms with E-state index in [4.69, 9.17) is 0 Å². The van der Waals surface area contributed by atoms with Crippen molar-refractivity contribution >= 4 is 32.8 Å². The Kier molecular flexibility index (Phi) is 6.81. The number of amides is 2. The van der Waals surface area contributed by atoms with Crippen molar-refractivity contribution in [1.29, 1.82) is 0 Å². The number of fused-ring (bicyclic) bond motifs is 1. The number of halogens is 2. The minimum absolute atomic E-state index is 0.126. The molecule has 2 aromatic carbocycles. The van der Waals surface area contributed by atoms with Crippen molar-refractivity contribution in [3.63, 3.8) is 0 Å². The Morgan fingerprint density at radius 3 is 2.58 bits per heavy atom. The highest BCUT2D eigenvalue weighted by Gasteiger charge is 2.22. The van der Waals surface area contributed by atoms with Gasteiger partial charge in [0.2, 0.25) is 10.0 Å². The van der Waals surface area contributed by atoms with Crippen LogP contribution in [-0.4, -0.2) is 53.4 Å². The molecular formula is C19H22F2N6O3S. The number of carbonyl (C=O) groups is 1. The van der Waals surface area contributed by atoms with Crippen LogP contribution < -0.4 is 10.6 Å². The Morgan fingerprint density at radius 1 is 1.13 bits per heavy atom. The maximum Gasteiger partial charge on any atom is 0.319 e. The minimum Gasteiger partial charge on any atom is -0.336 e. The molecule has 0 aliphatic carbocycles. The monoisotopic (exact) mass is 452 g/mol. The molecular weight excluding hydrogens is 430 g/mol. The number of urea groups is 1. The lowest BCUT2D eigenvalue weighted by Gasteiger charge is -2.18. The van der Waals surface area contributed by atoms with Crippen molar-refractivity contribution < 1.29 is 22.0 Å². The largest absolute Gasteiger partial charge is 0.336 e. The van der Waals surface area contributed by atoms with Crippen LogP contribution in [0.3, 0.4) is 0 Å². The van der Waals surface area contributed by atoms with Gasteiger partial charge in [-0.05, 0) is 30.3 Å². The van der Waals surface area contributed by atoms with Crippen molar-refractivity contribution in [2.45, 2.75) is 25.3 Å². The van der Waals surface area contributed by atoms with Crippen molar-refractivity contribution in [2.24, 2.45) is 0 Å². The van der Waals surface area contributed by atoms with E-state index in [-0.39, 0.29) is 23.7 Å². The molecule has 31 heavy (non-hydrogen) atoms. The predicted molar refractivity (Wildman–Crippen MR) is 111 cm³/mol. The molecule has 9 nitrogen and oxygen atoms in total. The molecule has 1 heterocycles. The van der Waals surface area contributed by atoms with E-state index >= 15 is 0 Å². The van der Waals surface area contributed by atoms with E-state index in [0.29, 0.717) is 24.1 Å². The molecule has 2 amide bonds. The molecule has 0 saturated carbocycles. The first-order valence-corrected chi connectivity index (χ1v) is 11.0. The number of hydrogen-bond donors (Lipinski definition) is 2. The predicted octanol–water partition coefficient (Wildman–Crippen LogP) is 2.56. The first-order valence-electron chi connectivity index (χ1n) is 9.59. The van der Waals surface area contributed by atoms with Crippen molar-refractivity contribution in [3.05, 3.63) is 48.0 Å². The summed E-state index contributed by atoms with van der Waals surface area (Å²) in [5.74, 6) is -1.43. The van der Waals surface area contributed by atoms with Crippen LogP contribution in [0.2, 0.25) is 0 Å². The maximum atomic E-state index is 13.6. The number of anilines is 1. The quantitative estimate of drug-likeness (QED) is 0.546. The van der Waals surface area contributed by atoms with Gasteiger partial charge in [0.15, 0.2) is 0 Å². The standard InChI is InChI=1S/C19H22F2N6O3S/c1-3-26(4-2)31(29,30)14-6-8-18-17(12-14)24-25-27(18)10-9-22-19(28)23-16-11-13(20)5-7-15(16)21/h5-8,11-12H,3-4,9-10H2,1-2H3,(H2,22,23,28). The van der Waals surface area contributed by atoms with Gasteiger partial charge in [0.25, 0.3) is 0 Å². The summed E-state index contributed by atoms with van der Waals surface area (Å²) in [6.45, 7) is 4.61. The lowest BCUT2D eigenvalue weighted by atomic mass is 10.3. The zero-order valence-electron chi connectivity index (χ0n) is 17.0. The molecule has 0 radical (unpaired) electrons. The van der Waals surface area contributed by atoms with E-state index in [1.165, 1.54) is 21.1 Å². The Labute approximate surface area is 178 Å². The molecule has 1 aromatic heterocycles. The molecule has 0 spiro atoms. The van der Waals surface area contributed by atoms with Crippen molar-refractivity contribution in [1.82, 2.24) is 24.6 Å². The molecule has 12 heteroatoms. The van der Waals surface area contributed by atoms with Gasteiger partial charge in [-0.2, -0.15) is 4.31 Å². The van der Waals surface area contributed by atoms with E-state index in [0.717, 1.165) is 18.2 Å². The number of hydrogen-bond acceptors (Lipinski definition) is 5. The Balaban J connectivity index is 1.65. The topological polar surface area (TPSA) is 109 Å². The molecule has 0 unspecified atom stereocenters. The maximum absolute atomic E-state index is 13.6. The van der Waals surface area contributed by atoms with Crippen LogP contribution in [0.15, 0.2) is 41.3 Å². The number of aromatic nitrogens is 3. The number of nitrogens with one attached hydrogen (secondary N) is 2. The summed E-state index contributed by atoms with van der Waals surface area (Å²) in [6, 6.07) is 6.59. The van der Waals surface area contributed by atoms with Gasteiger partial charge in [0.05, 0.1) is 22.6 Å². The summed E-state index contributed by atoms with van der Waals surface area (Å²) in [5, 5.41) is 12.7. The van der Waals surface area contributed by atoms with Gasteiger partial charge in [0.1, 0.15) is 17.2 Å². The normalized spacial score (nSPS) is 11.8. The average molecular weight is 452 g/mol. The Bertz CT molecular complexity index is 1190. The average Bonchev–Trinajstić information content (AvgIpc) is 3.14. The molecule has 0 aliphatic heterocycles. The number of nitrogens with zero attached hydrogens (tertiary/aromatic N) is 4. The summed E-state index contributed by atoms with van der Waals surface area (Å²) in [5.41, 5.74) is 0.724. The zero-order chi connectivity index (χ0) is 22.6. The van der Waals surface area contributed by atoms with Crippen molar-refractivity contribution in [2.75, 3.05) is 25.0 Å². The molecule has 3 rings (SSSR count). The van der Waals surface area contributed by atoms with E-state index in [2.05, 4.69) is 20.9 Å². The van der Waals surface area contributed by atoms with Gasteiger partial charge in [0, 0.05) is 25.7 Å². The van der Waals surface area contributed by atoms with E-state index in [9.17, 15) is 22.0 Å². The summed E-state index contributed by atoms with van der Waals surface area (Å²) >= 11 is 0. The van der Waals surface area contributed by atoms with Crippen LogP contribution in [0.4, 0.5) is 19.3 Å². The van der Waals surface area contributed by atoms with E-state index < -0.39 is 27.7 Å². The molecule has 3 aromatic rings. The number of rotatable bonds is 8. The van der Waals surface area contributed by atoms with Gasteiger partial charge in [-0.3, -0.25) is 0 Å². The Hall–Kier alpha value is -3.12. The highest BCUT2D eigenvalue weighted by atomic mass is 32.2. The van der Waals surface area contributed by atoms with Crippen LogP contribution in [0.5, 0.6) is 0 Å². The highest BCUT2D eigenvalue weighted by Crippen LogP contribution is 2.20. The van der Waals surface area contributed by atoms with Crippen LogP contribution in [0.1, 0.15) is 13.8 Å². The van der Waals surface area contributed by atoms with Gasteiger partial charge in [-0.1, -0.05) is 19.1 Å². The van der Waals surface area contributed by atoms with Crippen LogP contribution in [0, 0.1) is 11.6 Å². The third-order valence-electron chi connectivity index (χ3n) is 4.61. The molecule has 0 saturated heterocycles. The molecule has 0 fully saturated rings. The third kappa shape index (κ3) is 4.97. The van der Waals surface area contributed by atoms with Crippen LogP contribution >= 0.6 is 0 Å². The summed E-state index contributed by atoms with van der Waals surface area (Å²) in [7, 11) is -3.61. The lowest BCUT2D eigenvalue weighted by Crippen LogP contribution is -2.32. The van der Waals surface area contributed by atoms with Gasteiger partial charge in [-0.15, -0.1) is 5.10 Å². The van der Waals surface area contributed by atoms with Gasteiger partial charge >= 0.3 is 6.03 Å². The first kappa shape index (κ1) is 22.6. The Morgan fingerprint density at radius 2 is 1.87 bits per heavy atom. The van der Waals surface area contributed by atoms with E-state index in [1.54, 1.807) is 19.9 Å². The fourth-order valence-electron chi connectivity index (χ4n) is 3.03. The van der Waals surface area contributed by atoms with Gasteiger partial charge < -0.3 is 10.6 Å². The first-order chi connectivity index (χ1) is 14.8. The smallest absolute Gasteiger partial charge is 0.319 e. The minimum atomic E-state index is -3.61. The van der Waals surface area contributed by atoms with Gasteiger partial charge in [-0.25, -0.2) is 26.7 Å². The number of sulfonamides is 1. The summed E-state index contributed by atoms with van der Waals surface area (Å²) < 4.78 is 54.9. The second kappa shape index (κ2) is 9.35. The lowest BCUT2D eigenvalue weighted by molar-refractivity contribution is 0.251. The summed E-state index contributed by atoms with van der Waals surface area (Å²) in [6.07, 6.45) is 0. The molecule has 0 aliphatic rings. The second-order valence-electron chi connectivity index (χ2n) is 6.56. The molecule has 0 bridgehead atoms. The number of carbonyl (C=O) groups excluding carboxylic acids is 1.